The molecule has 0 aromatic heterocycles. The van der Waals surface area contributed by atoms with Crippen molar-refractivity contribution >= 4 is 5.57 Å². The standard InChI is InChI=1S/C19H27N.C8H18.C3H7N.3H2/c1-5-7-11-16(4)19(14-20)18(10-6-2)17-13-9-8-12-15(17)3;1-3-5-7-8-6-4-2;1-3(2)4;;;/h5,7-13,19H,6,14,20H2,1-4H3;3-8H2,1-2H3;1,4H2,2H3;3*1H/b7-5-,16-11+,18-10+;;;;;. The summed E-state index contributed by atoms with van der Waals surface area (Å²) in [5, 5.41) is 0. The van der Waals surface area contributed by atoms with Gasteiger partial charge in [-0.05, 0) is 56.5 Å². The van der Waals surface area contributed by atoms with E-state index in [-0.39, 0.29) is 10.2 Å². The number of unbranched alkanes of at least 4 members (excludes halogenated alkanes) is 5. The third kappa shape index (κ3) is 16.6. The van der Waals surface area contributed by atoms with Crippen LogP contribution >= 0.6 is 0 Å². The molecule has 0 aliphatic rings. The average Bonchev–Trinajstić information content (AvgIpc) is 2.76. The SMILES string of the molecule is C/C=C\C=C(/C)C(CN)/C(=C/CC)c1ccccc1C.C=C(C)N.CCCCCCCC.[HH].[HH].[HH]. The molecule has 1 unspecified atom stereocenters. The molecule has 0 heterocycles. The van der Waals surface area contributed by atoms with Gasteiger partial charge >= 0.3 is 0 Å². The molecule has 4 N–H and O–H groups in total. The van der Waals surface area contributed by atoms with Crippen LogP contribution in [0.2, 0.25) is 0 Å². The van der Waals surface area contributed by atoms with Crippen LogP contribution in [0, 0.1) is 12.8 Å². The van der Waals surface area contributed by atoms with Gasteiger partial charge in [0.15, 0.2) is 0 Å². The van der Waals surface area contributed by atoms with E-state index in [1.807, 2.05) is 13.0 Å². The molecule has 2 nitrogen and oxygen atoms in total. The molecule has 0 saturated heterocycles. The summed E-state index contributed by atoms with van der Waals surface area (Å²) in [6, 6.07) is 8.55. The fourth-order valence-electron chi connectivity index (χ4n) is 3.33. The number of hydrogen-bond acceptors (Lipinski definition) is 2. The van der Waals surface area contributed by atoms with Crippen LogP contribution in [0.1, 0.15) is 102 Å². The van der Waals surface area contributed by atoms with Gasteiger partial charge in [-0.15, -0.1) is 0 Å². The summed E-state index contributed by atoms with van der Waals surface area (Å²) in [6.45, 7) is 18.8. The number of rotatable bonds is 11. The Balaban J connectivity index is -0.000000169. The molecule has 1 rings (SSSR count). The summed E-state index contributed by atoms with van der Waals surface area (Å²) >= 11 is 0. The molecular weight excluding hydrogens is 388 g/mol. The quantitative estimate of drug-likeness (QED) is 0.262. The van der Waals surface area contributed by atoms with E-state index in [4.69, 9.17) is 11.5 Å². The van der Waals surface area contributed by atoms with E-state index in [1.54, 1.807) is 6.92 Å². The molecule has 0 aliphatic heterocycles. The summed E-state index contributed by atoms with van der Waals surface area (Å²) in [6.07, 6.45) is 18.1. The summed E-state index contributed by atoms with van der Waals surface area (Å²) in [5.74, 6) is 0.284. The molecular formula is C30H58N2. The van der Waals surface area contributed by atoms with Crippen molar-refractivity contribution in [3.63, 3.8) is 0 Å². The van der Waals surface area contributed by atoms with Crippen LogP contribution in [0.25, 0.3) is 5.57 Å². The Morgan fingerprint density at radius 3 is 1.97 bits per heavy atom. The van der Waals surface area contributed by atoms with E-state index in [0.29, 0.717) is 12.2 Å². The molecule has 188 valence electrons. The molecule has 0 radical (unpaired) electrons. The summed E-state index contributed by atoms with van der Waals surface area (Å²) in [4.78, 5) is 0. The van der Waals surface area contributed by atoms with Gasteiger partial charge in [-0.1, -0.05) is 120 Å². The lowest BCUT2D eigenvalue weighted by Crippen LogP contribution is -2.18. The number of benzene rings is 1. The Morgan fingerprint density at radius 2 is 1.56 bits per heavy atom. The Bertz CT molecular complexity index is 685. The number of aryl methyl sites for hydroxylation is 1. The van der Waals surface area contributed by atoms with Crippen LogP contribution < -0.4 is 11.5 Å². The third-order valence-electron chi connectivity index (χ3n) is 5.05. The van der Waals surface area contributed by atoms with Gasteiger partial charge in [0, 0.05) is 16.7 Å². The van der Waals surface area contributed by atoms with Crippen LogP contribution in [-0.2, 0) is 0 Å². The van der Waals surface area contributed by atoms with Crippen LogP contribution in [-0.4, -0.2) is 6.54 Å². The maximum Gasteiger partial charge on any atom is 0.0174 e. The van der Waals surface area contributed by atoms with Gasteiger partial charge in [0.25, 0.3) is 0 Å². The maximum absolute atomic E-state index is 6.06. The van der Waals surface area contributed by atoms with Crippen molar-refractivity contribution < 1.29 is 4.28 Å². The highest BCUT2D eigenvalue weighted by Crippen LogP contribution is 2.31. The van der Waals surface area contributed by atoms with Gasteiger partial charge < -0.3 is 11.5 Å². The second-order valence-corrected chi connectivity index (χ2v) is 8.37. The topological polar surface area (TPSA) is 52.0 Å². The summed E-state index contributed by atoms with van der Waals surface area (Å²) < 4.78 is 0. The van der Waals surface area contributed by atoms with Crippen molar-refractivity contribution in [2.45, 2.75) is 93.4 Å². The molecule has 0 fully saturated rings. The predicted molar refractivity (Wildman–Crippen MR) is 155 cm³/mol. The highest BCUT2D eigenvalue weighted by atomic mass is 14.6. The molecule has 0 bridgehead atoms. The van der Waals surface area contributed by atoms with E-state index in [0.717, 1.165) is 6.42 Å². The lowest BCUT2D eigenvalue weighted by Gasteiger charge is -2.22. The minimum atomic E-state index is 0. The van der Waals surface area contributed by atoms with Crippen molar-refractivity contribution in [3.05, 3.63) is 77.5 Å². The van der Waals surface area contributed by atoms with Gasteiger partial charge in [-0.25, -0.2) is 0 Å². The first-order valence-electron chi connectivity index (χ1n) is 12.5. The van der Waals surface area contributed by atoms with Crippen molar-refractivity contribution in [3.8, 4) is 0 Å². The highest BCUT2D eigenvalue weighted by Gasteiger charge is 2.17. The predicted octanol–water partition coefficient (Wildman–Crippen LogP) is 9.47. The van der Waals surface area contributed by atoms with Gasteiger partial charge in [-0.3, -0.25) is 0 Å². The third-order valence-corrected chi connectivity index (χ3v) is 5.05. The largest absolute Gasteiger partial charge is 0.403 e. The molecule has 0 spiro atoms. The van der Waals surface area contributed by atoms with Gasteiger partial charge in [-0.2, -0.15) is 0 Å². The minimum Gasteiger partial charge on any atom is -0.403 e. The molecule has 0 amide bonds. The van der Waals surface area contributed by atoms with E-state index in [1.165, 1.54) is 60.8 Å². The van der Waals surface area contributed by atoms with E-state index in [2.05, 4.69) is 83.7 Å². The Kier molecular flexibility index (Phi) is 22.2. The van der Waals surface area contributed by atoms with Crippen LogP contribution in [0.5, 0.6) is 0 Å². The highest BCUT2D eigenvalue weighted by molar-refractivity contribution is 5.72. The zero-order chi connectivity index (χ0) is 24.8. The van der Waals surface area contributed by atoms with Gasteiger partial charge in [0.2, 0.25) is 0 Å². The Hall–Kier alpha value is -2.06. The molecule has 32 heavy (non-hydrogen) atoms. The lowest BCUT2D eigenvalue weighted by molar-refractivity contribution is 0.624. The molecule has 1 atom stereocenters. The zero-order valence-electron chi connectivity index (χ0n) is 22.2. The molecule has 1 aromatic rings. The fraction of sp³-hybridized carbons (Fsp3) is 0.533. The molecule has 1 aromatic carbocycles. The maximum atomic E-state index is 6.06. The van der Waals surface area contributed by atoms with Crippen molar-refractivity contribution in [2.75, 3.05) is 6.54 Å². The van der Waals surface area contributed by atoms with E-state index < -0.39 is 0 Å². The summed E-state index contributed by atoms with van der Waals surface area (Å²) in [5.41, 5.74) is 16.9. The normalized spacial score (nSPS) is 12.5. The lowest BCUT2D eigenvalue weighted by atomic mass is 9.84. The average molecular weight is 447 g/mol. The Labute approximate surface area is 205 Å². The minimum absolute atomic E-state index is 0. The second kappa shape index (κ2) is 22.1. The van der Waals surface area contributed by atoms with Crippen LogP contribution in [0.4, 0.5) is 0 Å². The molecule has 0 aliphatic carbocycles. The molecule has 2 heteroatoms. The Morgan fingerprint density at radius 1 is 1.03 bits per heavy atom. The number of nitrogens with two attached hydrogens (primary N) is 2. The van der Waals surface area contributed by atoms with Gasteiger partial charge in [0.1, 0.15) is 0 Å². The number of allylic oxidation sites excluding steroid dienone is 5. The van der Waals surface area contributed by atoms with Crippen molar-refractivity contribution in [1.29, 1.82) is 0 Å². The first kappa shape index (κ1) is 32.1. The van der Waals surface area contributed by atoms with E-state index in [9.17, 15) is 0 Å². The van der Waals surface area contributed by atoms with Crippen LogP contribution in [0.15, 0.2) is 66.4 Å². The van der Waals surface area contributed by atoms with Crippen LogP contribution in [0.3, 0.4) is 0 Å². The monoisotopic (exact) mass is 446 g/mol. The fourth-order valence-corrected chi connectivity index (χ4v) is 3.33. The number of hydrogen-bond donors (Lipinski definition) is 2. The first-order valence-corrected chi connectivity index (χ1v) is 12.5. The van der Waals surface area contributed by atoms with Crippen molar-refractivity contribution in [1.82, 2.24) is 0 Å². The van der Waals surface area contributed by atoms with E-state index >= 15 is 0 Å². The van der Waals surface area contributed by atoms with Crippen molar-refractivity contribution in [2.24, 2.45) is 17.4 Å². The van der Waals surface area contributed by atoms with Gasteiger partial charge in [0.05, 0.1) is 0 Å². The molecule has 0 saturated carbocycles. The second-order valence-electron chi connectivity index (χ2n) is 8.37. The first-order chi connectivity index (χ1) is 15.3. The zero-order valence-corrected chi connectivity index (χ0v) is 22.2. The summed E-state index contributed by atoms with van der Waals surface area (Å²) in [7, 11) is 0. The smallest absolute Gasteiger partial charge is 0.0174 e.